The van der Waals surface area contributed by atoms with Crippen LogP contribution < -0.4 is 10.6 Å². The largest absolute Gasteiger partial charge is 0.480 e. The maximum Gasteiger partial charge on any atom is 0.326 e. The number of hydrogen-bond acceptors (Lipinski definition) is 7. The van der Waals surface area contributed by atoms with E-state index < -0.39 is 43.1 Å². The first-order chi connectivity index (χ1) is 9.40. The summed E-state index contributed by atoms with van der Waals surface area (Å²) >= 11 is 0. The van der Waals surface area contributed by atoms with Crippen LogP contribution >= 0.6 is 0 Å². The van der Waals surface area contributed by atoms with Crippen molar-refractivity contribution in [2.45, 2.75) is 25.6 Å². The van der Waals surface area contributed by atoms with E-state index in [1.807, 2.05) is 10.6 Å². The molecule has 20 heavy (non-hydrogen) atoms. The fraction of sp³-hybridized carbons (Fsp3) is 0.500. The number of hydrogen-bond donors (Lipinski definition) is 3. The maximum atomic E-state index is 11.5. The number of ether oxygens (including phenoxy) is 2. The molecule has 10 nitrogen and oxygen atoms in total. The lowest BCUT2D eigenvalue weighted by molar-refractivity contribution is -0.143. The number of carbonyl (C=O) groups is 5. The molecule has 0 aliphatic heterocycles. The molecule has 2 amide bonds. The summed E-state index contributed by atoms with van der Waals surface area (Å²) in [4.78, 5) is 53.2. The van der Waals surface area contributed by atoms with Gasteiger partial charge in [-0.25, -0.2) is 9.59 Å². The molecule has 0 aliphatic carbocycles. The molecule has 0 aliphatic rings. The first-order valence-corrected chi connectivity index (χ1v) is 5.34. The van der Waals surface area contributed by atoms with Gasteiger partial charge in [0.25, 0.3) is 12.9 Å². The van der Waals surface area contributed by atoms with Crippen molar-refractivity contribution in [2.75, 3.05) is 6.61 Å². The van der Waals surface area contributed by atoms with Crippen LogP contribution in [0.4, 0.5) is 4.79 Å². The summed E-state index contributed by atoms with van der Waals surface area (Å²) in [6.07, 6.45) is -1.67. The van der Waals surface area contributed by atoms with Gasteiger partial charge in [-0.2, -0.15) is 0 Å². The topological polar surface area (TPSA) is 148 Å². The monoisotopic (exact) mass is 290 g/mol. The van der Waals surface area contributed by atoms with E-state index in [2.05, 4.69) is 9.47 Å². The molecular formula is C10H14N2O8. The number of amides is 2. The van der Waals surface area contributed by atoms with Crippen LogP contribution in [0.1, 0.15) is 13.3 Å². The highest BCUT2D eigenvalue weighted by molar-refractivity contribution is 5.88. The number of carboxylic acids is 1. The van der Waals surface area contributed by atoms with Gasteiger partial charge >= 0.3 is 12.0 Å². The fourth-order valence-corrected chi connectivity index (χ4v) is 1.14. The Morgan fingerprint density at radius 2 is 1.85 bits per heavy atom. The summed E-state index contributed by atoms with van der Waals surface area (Å²) in [6, 6.07) is -2.42. The highest BCUT2D eigenvalue weighted by Gasteiger charge is 2.23. The van der Waals surface area contributed by atoms with Crippen molar-refractivity contribution in [3.63, 3.8) is 0 Å². The molecule has 0 saturated carbocycles. The Morgan fingerprint density at radius 3 is 2.30 bits per heavy atom. The van der Waals surface area contributed by atoms with E-state index in [9.17, 15) is 24.0 Å². The minimum Gasteiger partial charge on any atom is -0.480 e. The van der Waals surface area contributed by atoms with Gasteiger partial charge in [-0.15, -0.1) is 0 Å². The Hall–Kier alpha value is -2.65. The van der Waals surface area contributed by atoms with Crippen LogP contribution in [0.25, 0.3) is 0 Å². The molecule has 0 rings (SSSR count). The van der Waals surface area contributed by atoms with Gasteiger partial charge in [-0.3, -0.25) is 19.7 Å². The van der Waals surface area contributed by atoms with E-state index in [4.69, 9.17) is 5.11 Å². The lowest BCUT2D eigenvalue weighted by Gasteiger charge is -2.18. The number of rotatable bonds is 10. The molecule has 0 aromatic carbocycles. The van der Waals surface area contributed by atoms with Crippen LogP contribution in [-0.2, 0) is 28.7 Å². The van der Waals surface area contributed by atoms with Gasteiger partial charge in [0.05, 0.1) is 0 Å². The first kappa shape index (κ1) is 17.4. The number of nitrogens with one attached hydrogen (secondary N) is 2. The Morgan fingerprint density at radius 1 is 1.20 bits per heavy atom. The molecule has 0 fully saturated rings. The number of Topliss-reactive ketones (excluding diaryl/α,β-unsaturated/α-hetero) is 1. The molecular weight excluding hydrogens is 276 g/mol. The summed E-state index contributed by atoms with van der Waals surface area (Å²) < 4.78 is 8.68. The Kier molecular flexibility index (Phi) is 8.07. The van der Waals surface area contributed by atoms with E-state index in [0.29, 0.717) is 0 Å². The van der Waals surface area contributed by atoms with Gasteiger partial charge in [0.2, 0.25) is 6.23 Å². The molecule has 0 heterocycles. The van der Waals surface area contributed by atoms with Crippen molar-refractivity contribution in [1.82, 2.24) is 10.6 Å². The van der Waals surface area contributed by atoms with Gasteiger partial charge in [0.1, 0.15) is 18.4 Å². The third kappa shape index (κ3) is 7.63. The average Bonchev–Trinajstić information content (AvgIpc) is 2.34. The van der Waals surface area contributed by atoms with Crippen molar-refractivity contribution >= 4 is 30.7 Å². The number of ketones is 1. The Balaban J connectivity index is 4.46. The fourth-order valence-electron chi connectivity index (χ4n) is 1.14. The molecule has 112 valence electrons. The maximum absolute atomic E-state index is 11.5. The third-order valence-corrected chi connectivity index (χ3v) is 1.92. The zero-order valence-electron chi connectivity index (χ0n) is 10.5. The minimum absolute atomic E-state index is 0.0172. The molecule has 10 heteroatoms. The van der Waals surface area contributed by atoms with Crippen molar-refractivity contribution < 1.29 is 38.6 Å². The van der Waals surface area contributed by atoms with Gasteiger partial charge in [0, 0.05) is 6.42 Å². The smallest absolute Gasteiger partial charge is 0.326 e. The van der Waals surface area contributed by atoms with E-state index >= 15 is 0 Å². The third-order valence-electron chi connectivity index (χ3n) is 1.92. The summed E-state index contributed by atoms with van der Waals surface area (Å²) in [5.41, 5.74) is 0. The Bertz CT molecular complexity index is 383. The highest BCUT2D eigenvalue weighted by Crippen LogP contribution is 1.95. The van der Waals surface area contributed by atoms with Crippen LogP contribution in [0.15, 0.2) is 0 Å². The molecule has 2 atom stereocenters. The van der Waals surface area contributed by atoms with Crippen LogP contribution in [-0.4, -0.2) is 54.7 Å². The van der Waals surface area contributed by atoms with Crippen molar-refractivity contribution in [2.24, 2.45) is 0 Å². The van der Waals surface area contributed by atoms with Crippen molar-refractivity contribution in [3.05, 3.63) is 0 Å². The second-order valence-corrected chi connectivity index (χ2v) is 3.57. The quantitative estimate of drug-likeness (QED) is 0.321. The predicted molar refractivity (Wildman–Crippen MR) is 61.3 cm³/mol. The number of carbonyl (C=O) groups excluding carboxylic acids is 4. The number of carboxylic acid groups (broad SMARTS) is 1. The van der Waals surface area contributed by atoms with Crippen LogP contribution in [0.5, 0.6) is 0 Å². The Labute approximate surface area is 113 Å². The zero-order chi connectivity index (χ0) is 15.5. The normalized spacial score (nSPS) is 12.4. The van der Waals surface area contributed by atoms with Crippen LogP contribution in [0.2, 0.25) is 0 Å². The summed E-state index contributed by atoms with van der Waals surface area (Å²) in [5.74, 6) is -1.82. The predicted octanol–water partition coefficient (Wildman–Crippen LogP) is -1.61. The molecule has 0 saturated heterocycles. The van der Waals surface area contributed by atoms with E-state index in [-0.39, 0.29) is 12.9 Å². The molecule has 0 unspecified atom stereocenters. The second kappa shape index (κ2) is 9.30. The molecule has 0 spiro atoms. The van der Waals surface area contributed by atoms with Gasteiger partial charge in [-0.1, -0.05) is 0 Å². The first-order valence-electron chi connectivity index (χ1n) is 5.34. The summed E-state index contributed by atoms with van der Waals surface area (Å²) in [7, 11) is 0. The van der Waals surface area contributed by atoms with Gasteiger partial charge in [-0.05, 0) is 6.92 Å². The zero-order valence-corrected chi connectivity index (χ0v) is 10.5. The van der Waals surface area contributed by atoms with E-state index in [1.165, 1.54) is 6.92 Å². The number of urea groups is 1. The number of aliphatic carboxylic acids is 1. The minimum atomic E-state index is -1.42. The lowest BCUT2D eigenvalue weighted by atomic mass is 10.1. The second-order valence-electron chi connectivity index (χ2n) is 3.57. The summed E-state index contributed by atoms with van der Waals surface area (Å²) in [6.45, 7) is 0.825. The standard InChI is InChI=1S/C10H14N2O8/c1-6(15)2-7(9(16)17)11-10(18)12-8(20-5-14)3-19-4-13/h4-5,7-8H,2-3H2,1H3,(H,16,17)(H2,11,12,18)/t7-,8+/m0/s1. The van der Waals surface area contributed by atoms with Crippen LogP contribution in [0, 0.1) is 0 Å². The van der Waals surface area contributed by atoms with Crippen LogP contribution in [0.3, 0.4) is 0 Å². The lowest BCUT2D eigenvalue weighted by Crippen LogP contribution is -2.51. The van der Waals surface area contributed by atoms with E-state index in [0.717, 1.165) is 0 Å². The highest BCUT2D eigenvalue weighted by atomic mass is 16.6. The van der Waals surface area contributed by atoms with E-state index in [1.54, 1.807) is 0 Å². The van der Waals surface area contributed by atoms with Gasteiger partial charge < -0.3 is 19.9 Å². The SMILES string of the molecule is CC(=O)C[C@H](NC(=O)N[C@@H](COC=O)OC=O)C(=O)O. The molecule has 0 bridgehead atoms. The van der Waals surface area contributed by atoms with Crippen molar-refractivity contribution in [1.29, 1.82) is 0 Å². The van der Waals surface area contributed by atoms with Crippen molar-refractivity contribution in [3.8, 4) is 0 Å². The van der Waals surface area contributed by atoms with Gasteiger partial charge in [0.15, 0.2) is 0 Å². The summed E-state index contributed by atoms with van der Waals surface area (Å²) in [5, 5.41) is 12.8. The molecule has 3 N–H and O–H groups in total. The molecule has 0 aromatic heterocycles. The average molecular weight is 290 g/mol. The molecule has 0 aromatic rings. The molecule has 0 radical (unpaired) electrons.